The molecule has 0 spiro atoms. The number of hydrogen-bond donors (Lipinski definition) is 1. The van der Waals surface area contributed by atoms with Gasteiger partial charge in [-0.25, -0.2) is 4.79 Å². The monoisotopic (exact) mass is 383 g/mol. The van der Waals surface area contributed by atoms with Gasteiger partial charge in [-0.05, 0) is 30.7 Å². The van der Waals surface area contributed by atoms with E-state index in [1.54, 1.807) is 12.0 Å². The number of nitrogens with zero attached hydrogens (tertiary/aromatic N) is 2. The summed E-state index contributed by atoms with van der Waals surface area (Å²) in [6, 6.07) is 15.8. The van der Waals surface area contributed by atoms with Crippen molar-refractivity contribution in [2.75, 3.05) is 52.3 Å². The van der Waals surface area contributed by atoms with Crippen molar-refractivity contribution in [3.05, 3.63) is 48.5 Å². The molecule has 0 saturated carbocycles. The molecule has 1 aliphatic rings. The van der Waals surface area contributed by atoms with Crippen LogP contribution in [-0.4, -0.2) is 68.9 Å². The minimum atomic E-state index is -0.115. The SMILES string of the molecule is COc1cccc(-c2ccccc2NC(=O)N(C)C[C@H](C)N2CCOCC2)c1. The summed E-state index contributed by atoms with van der Waals surface area (Å²) < 4.78 is 10.7. The van der Waals surface area contributed by atoms with Gasteiger partial charge in [-0.2, -0.15) is 0 Å². The van der Waals surface area contributed by atoms with Crippen LogP contribution in [0.1, 0.15) is 6.92 Å². The first kappa shape index (κ1) is 20.2. The highest BCUT2D eigenvalue weighted by molar-refractivity contribution is 5.94. The second kappa shape index (κ2) is 9.57. The van der Waals surface area contributed by atoms with Crippen LogP contribution < -0.4 is 10.1 Å². The largest absolute Gasteiger partial charge is 0.497 e. The minimum absolute atomic E-state index is 0.115. The Morgan fingerprint density at radius 3 is 2.71 bits per heavy atom. The number of hydrogen-bond acceptors (Lipinski definition) is 4. The van der Waals surface area contributed by atoms with Crippen LogP contribution in [0, 0.1) is 0 Å². The fraction of sp³-hybridized carbons (Fsp3) is 0.409. The molecule has 1 aliphatic heterocycles. The fourth-order valence-electron chi connectivity index (χ4n) is 3.46. The predicted octanol–water partition coefficient (Wildman–Crippen LogP) is 3.55. The van der Waals surface area contributed by atoms with Gasteiger partial charge in [0, 0.05) is 38.3 Å². The molecule has 2 amide bonds. The third kappa shape index (κ3) is 5.03. The summed E-state index contributed by atoms with van der Waals surface area (Å²) in [7, 11) is 3.48. The average Bonchev–Trinajstić information content (AvgIpc) is 2.74. The summed E-state index contributed by atoms with van der Waals surface area (Å²) in [6.45, 7) is 6.15. The molecule has 0 bridgehead atoms. The second-order valence-electron chi connectivity index (χ2n) is 7.09. The minimum Gasteiger partial charge on any atom is -0.497 e. The van der Waals surface area contributed by atoms with Crippen molar-refractivity contribution in [3.63, 3.8) is 0 Å². The van der Waals surface area contributed by atoms with Crippen molar-refractivity contribution in [2.45, 2.75) is 13.0 Å². The number of urea groups is 1. The highest BCUT2D eigenvalue weighted by Gasteiger charge is 2.20. The smallest absolute Gasteiger partial charge is 0.321 e. The molecule has 0 unspecified atom stereocenters. The summed E-state index contributed by atoms with van der Waals surface area (Å²) in [5.41, 5.74) is 2.75. The standard InChI is InChI=1S/C22H29N3O3/c1-17(25-11-13-28-14-12-25)16-24(2)22(26)23-21-10-5-4-9-20(21)18-7-6-8-19(15-18)27-3/h4-10,15,17H,11-14,16H2,1-3H3,(H,23,26)/t17-/m0/s1. The van der Waals surface area contributed by atoms with Crippen LogP contribution >= 0.6 is 0 Å². The molecule has 0 radical (unpaired) electrons. The molecule has 6 nitrogen and oxygen atoms in total. The van der Waals surface area contributed by atoms with Crippen LogP contribution in [0.3, 0.4) is 0 Å². The van der Waals surface area contributed by atoms with E-state index in [4.69, 9.17) is 9.47 Å². The zero-order valence-corrected chi connectivity index (χ0v) is 16.9. The number of carbonyl (C=O) groups is 1. The fourth-order valence-corrected chi connectivity index (χ4v) is 3.46. The van der Waals surface area contributed by atoms with Gasteiger partial charge in [0.25, 0.3) is 0 Å². The van der Waals surface area contributed by atoms with Crippen molar-refractivity contribution in [3.8, 4) is 16.9 Å². The molecule has 1 heterocycles. The number of methoxy groups -OCH3 is 1. The zero-order chi connectivity index (χ0) is 19.9. The summed E-state index contributed by atoms with van der Waals surface area (Å²) >= 11 is 0. The van der Waals surface area contributed by atoms with Crippen molar-refractivity contribution in [1.29, 1.82) is 0 Å². The molecule has 2 aromatic carbocycles. The van der Waals surface area contributed by atoms with E-state index in [0.29, 0.717) is 6.54 Å². The number of rotatable bonds is 6. The first-order valence-electron chi connectivity index (χ1n) is 9.66. The number of carbonyl (C=O) groups excluding carboxylic acids is 1. The third-order valence-corrected chi connectivity index (χ3v) is 5.10. The van der Waals surface area contributed by atoms with Gasteiger partial charge in [0.1, 0.15) is 5.75 Å². The molecule has 3 rings (SSSR count). The number of nitrogens with one attached hydrogen (secondary N) is 1. The van der Waals surface area contributed by atoms with Crippen LogP contribution in [0.2, 0.25) is 0 Å². The molecule has 6 heteroatoms. The summed E-state index contributed by atoms with van der Waals surface area (Å²) in [5, 5.41) is 3.06. The van der Waals surface area contributed by atoms with Crippen molar-refractivity contribution >= 4 is 11.7 Å². The number of amides is 2. The van der Waals surface area contributed by atoms with E-state index in [2.05, 4.69) is 17.1 Å². The lowest BCUT2D eigenvalue weighted by atomic mass is 10.0. The third-order valence-electron chi connectivity index (χ3n) is 5.10. The van der Waals surface area contributed by atoms with E-state index in [1.807, 2.05) is 55.6 Å². The maximum absolute atomic E-state index is 12.8. The van der Waals surface area contributed by atoms with Crippen LogP contribution in [0.15, 0.2) is 48.5 Å². The lowest BCUT2D eigenvalue weighted by Crippen LogP contribution is -2.48. The van der Waals surface area contributed by atoms with Gasteiger partial charge >= 0.3 is 6.03 Å². The summed E-state index contributed by atoms with van der Waals surface area (Å²) in [5.74, 6) is 0.787. The first-order valence-corrected chi connectivity index (χ1v) is 9.66. The highest BCUT2D eigenvalue weighted by Crippen LogP contribution is 2.30. The molecule has 0 aliphatic carbocycles. The van der Waals surface area contributed by atoms with E-state index in [-0.39, 0.29) is 12.1 Å². The molecular weight excluding hydrogens is 354 g/mol. The highest BCUT2D eigenvalue weighted by atomic mass is 16.5. The molecule has 1 fully saturated rings. The predicted molar refractivity (Wildman–Crippen MR) is 112 cm³/mol. The van der Waals surface area contributed by atoms with Gasteiger partial charge in [0.15, 0.2) is 0 Å². The Morgan fingerprint density at radius 1 is 1.21 bits per heavy atom. The maximum atomic E-state index is 12.8. The van der Waals surface area contributed by atoms with Crippen LogP contribution in [-0.2, 0) is 4.74 Å². The Morgan fingerprint density at radius 2 is 1.96 bits per heavy atom. The van der Waals surface area contributed by atoms with Crippen molar-refractivity contribution in [1.82, 2.24) is 9.80 Å². The van der Waals surface area contributed by atoms with Crippen LogP contribution in [0.5, 0.6) is 5.75 Å². The number of morpholine rings is 1. The van der Waals surface area contributed by atoms with Gasteiger partial charge in [-0.1, -0.05) is 30.3 Å². The number of likely N-dealkylation sites (N-methyl/N-ethyl adjacent to an activating group) is 1. The average molecular weight is 383 g/mol. The first-order chi connectivity index (χ1) is 13.6. The molecule has 2 aromatic rings. The lowest BCUT2D eigenvalue weighted by molar-refractivity contribution is 0.0164. The summed E-state index contributed by atoms with van der Waals surface area (Å²) in [4.78, 5) is 16.9. The van der Waals surface area contributed by atoms with Crippen molar-refractivity contribution in [2.24, 2.45) is 0 Å². The zero-order valence-electron chi connectivity index (χ0n) is 16.9. The lowest BCUT2D eigenvalue weighted by Gasteiger charge is -2.34. The van der Waals surface area contributed by atoms with Crippen LogP contribution in [0.4, 0.5) is 10.5 Å². The Hall–Kier alpha value is -2.57. The van der Waals surface area contributed by atoms with Gasteiger partial charge < -0.3 is 19.7 Å². The van der Waals surface area contributed by atoms with Gasteiger partial charge in [0.05, 0.1) is 26.0 Å². The van der Waals surface area contributed by atoms with Crippen molar-refractivity contribution < 1.29 is 14.3 Å². The Bertz CT molecular complexity index is 790. The molecule has 1 saturated heterocycles. The van der Waals surface area contributed by atoms with E-state index in [1.165, 1.54) is 0 Å². The molecule has 1 atom stereocenters. The van der Waals surface area contributed by atoms with Crippen LogP contribution in [0.25, 0.3) is 11.1 Å². The number of benzene rings is 2. The Balaban J connectivity index is 1.68. The molecule has 150 valence electrons. The van der Waals surface area contributed by atoms with E-state index < -0.39 is 0 Å². The molecule has 1 N–H and O–H groups in total. The topological polar surface area (TPSA) is 54.0 Å². The molecular formula is C22H29N3O3. The van der Waals surface area contributed by atoms with Gasteiger partial charge in [-0.3, -0.25) is 4.90 Å². The quantitative estimate of drug-likeness (QED) is 0.829. The Kier molecular flexibility index (Phi) is 6.90. The maximum Gasteiger partial charge on any atom is 0.321 e. The number of anilines is 1. The second-order valence-corrected chi connectivity index (χ2v) is 7.09. The molecule has 0 aromatic heterocycles. The normalized spacial score (nSPS) is 15.7. The van der Waals surface area contributed by atoms with E-state index >= 15 is 0 Å². The number of para-hydroxylation sites is 1. The number of ether oxygens (including phenoxy) is 2. The van der Waals surface area contributed by atoms with E-state index in [9.17, 15) is 4.79 Å². The Labute approximate surface area is 167 Å². The van der Waals surface area contributed by atoms with Gasteiger partial charge in [-0.15, -0.1) is 0 Å². The van der Waals surface area contributed by atoms with E-state index in [0.717, 1.165) is 48.9 Å². The van der Waals surface area contributed by atoms with Gasteiger partial charge in [0.2, 0.25) is 0 Å². The summed E-state index contributed by atoms with van der Waals surface area (Å²) in [6.07, 6.45) is 0. The molecule has 28 heavy (non-hydrogen) atoms.